The highest BCUT2D eigenvalue weighted by Gasteiger charge is 2.24. The van der Waals surface area contributed by atoms with Crippen LogP contribution in [0.25, 0.3) is 10.2 Å². The van der Waals surface area contributed by atoms with Crippen molar-refractivity contribution in [1.82, 2.24) is 4.98 Å². The fourth-order valence-corrected chi connectivity index (χ4v) is 3.68. The summed E-state index contributed by atoms with van der Waals surface area (Å²) in [5, 5.41) is 11.7. The highest BCUT2D eigenvalue weighted by molar-refractivity contribution is 7.22. The van der Waals surface area contributed by atoms with E-state index < -0.39 is 0 Å². The second-order valence-electron chi connectivity index (χ2n) is 4.98. The van der Waals surface area contributed by atoms with Gasteiger partial charge in [0.15, 0.2) is 5.13 Å². The number of nitro groups is 1. The van der Waals surface area contributed by atoms with Gasteiger partial charge >= 0.3 is 0 Å². The molecule has 0 aliphatic carbocycles. The Labute approximate surface area is 120 Å². The van der Waals surface area contributed by atoms with Gasteiger partial charge in [0.25, 0.3) is 5.69 Å². The van der Waals surface area contributed by atoms with Crippen LogP contribution in [0.15, 0.2) is 18.2 Å². The average Bonchev–Trinajstić information content (AvgIpc) is 2.89. The molecule has 1 aliphatic rings. The lowest BCUT2D eigenvalue weighted by Crippen LogP contribution is -2.44. The van der Waals surface area contributed by atoms with E-state index >= 15 is 0 Å². The number of nitrogens with two attached hydrogens (primary N) is 1. The number of hydrogen-bond donors (Lipinski definition) is 1. The molecule has 2 aromatic rings. The summed E-state index contributed by atoms with van der Waals surface area (Å²) in [6.45, 7) is 1.58. The van der Waals surface area contributed by atoms with Gasteiger partial charge in [-0.3, -0.25) is 10.1 Å². The number of benzene rings is 1. The van der Waals surface area contributed by atoms with Crippen LogP contribution >= 0.6 is 11.3 Å². The standard InChI is InChI=1S/C13H16N4O2S/c14-8-10-3-1-2-6-16(10)13-15-11-7-9(17(18)19)4-5-12(11)20-13/h4-5,7,10H,1-3,6,8,14H2. The van der Waals surface area contributed by atoms with Gasteiger partial charge in [0, 0.05) is 31.3 Å². The Kier molecular flexibility index (Phi) is 3.54. The van der Waals surface area contributed by atoms with Crippen LogP contribution in [0, 0.1) is 10.1 Å². The fourth-order valence-electron chi connectivity index (χ4n) is 2.64. The zero-order valence-corrected chi connectivity index (χ0v) is 11.8. The summed E-state index contributed by atoms with van der Waals surface area (Å²) in [4.78, 5) is 17.2. The first kappa shape index (κ1) is 13.3. The minimum atomic E-state index is -0.387. The molecule has 0 radical (unpaired) electrons. The van der Waals surface area contributed by atoms with Gasteiger partial charge in [-0.05, 0) is 25.3 Å². The molecular formula is C13H16N4O2S. The third kappa shape index (κ3) is 2.34. The Morgan fingerprint density at radius 2 is 2.35 bits per heavy atom. The number of aromatic nitrogens is 1. The van der Waals surface area contributed by atoms with E-state index in [0.717, 1.165) is 29.2 Å². The summed E-state index contributed by atoms with van der Waals surface area (Å²) in [7, 11) is 0. The summed E-state index contributed by atoms with van der Waals surface area (Å²) in [5.74, 6) is 0. The molecule has 2 N–H and O–H groups in total. The van der Waals surface area contributed by atoms with E-state index in [9.17, 15) is 10.1 Å². The highest BCUT2D eigenvalue weighted by atomic mass is 32.1. The summed E-state index contributed by atoms with van der Waals surface area (Å²) in [6.07, 6.45) is 3.44. The quantitative estimate of drug-likeness (QED) is 0.694. The first-order chi connectivity index (χ1) is 9.69. The second kappa shape index (κ2) is 5.34. The van der Waals surface area contributed by atoms with Crippen LogP contribution in [-0.4, -0.2) is 29.0 Å². The Morgan fingerprint density at radius 3 is 3.10 bits per heavy atom. The summed E-state index contributed by atoms with van der Waals surface area (Å²) >= 11 is 1.58. The van der Waals surface area contributed by atoms with Crippen LogP contribution < -0.4 is 10.6 Å². The predicted octanol–water partition coefficient (Wildman–Crippen LogP) is 2.52. The lowest BCUT2D eigenvalue weighted by Gasteiger charge is -2.34. The number of thiazole rings is 1. The van der Waals surface area contributed by atoms with Crippen LogP contribution in [0.3, 0.4) is 0 Å². The molecular weight excluding hydrogens is 276 g/mol. The van der Waals surface area contributed by atoms with Crippen LogP contribution in [-0.2, 0) is 0 Å². The van der Waals surface area contributed by atoms with Crippen molar-refractivity contribution in [3.63, 3.8) is 0 Å². The van der Waals surface area contributed by atoms with Gasteiger partial charge in [0.2, 0.25) is 0 Å². The molecule has 0 bridgehead atoms. The van der Waals surface area contributed by atoms with Gasteiger partial charge in [-0.15, -0.1) is 0 Å². The first-order valence-electron chi connectivity index (χ1n) is 6.71. The number of nitrogens with zero attached hydrogens (tertiary/aromatic N) is 3. The minimum Gasteiger partial charge on any atom is -0.344 e. The summed E-state index contributed by atoms with van der Waals surface area (Å²) in [6, 6.07) is 5.17. The van der Waals surface area contributed by atoms with E-state index in [2.05, 4.69) is 9.88 Å². The number of nitro benzene ring substituents is 1. The van der Waals surface area contributed by atoms with Crippen molar-refractivity contribution in [1.29, 1.82) is 0 Å². The van der Waals surface area contributed by atoms with Gasteiger partial charge in [0.1, 0.15) is 0 Å². The second-order valence-corrected chi connectivity index (χ2v) is 5.99. The van der Waals surface area contributed by atoms with Gasteiger partial charge in [-0.1, -0.05) is 11.3 Å². The topological polar surface area (TPSA) is 85.3 Å². The molecule has 1 aromatic heterocycles. The maximum atomic E-state index is 10.8. The van der Waals surface area contributed by atoms with Gasteiger partial charge < -0.3 is 10.6 Å². The average molecular weight is 292 g/mol. The number of piperidine rings is 1. The number of rotatable bonds is 3. The zero-order valence-electron chi connectivity index (χ0n) is 11.0. The van der Waals surface area contributed by atoms with Crippen molar-refractivity contribution in [2.45, 2.75) is 25.3 Å². The Balaban J connectivity index is 1.97. The van der Waals surface area contributed by atoms with Gasteiger partial charge in [-0.2, -0.15) is 0 Å². The molecule has 1 aliphatic heterocycles. The van der Waals surface area contributed by atoms with Crippen LogP contribution in [0.2, 0.25) is 0 Å². The molecule has 1 atom stereocenters. The molecule has 0 saturated carbocycles. The molecule has 1 aromatic carbocycles. The van der Waals surface area contributed by atoms with E-state index in [1.807, 2.05) is 0 Å². The maximum Gasteiger partial charge on any atom is 0.271 e. The largest absolute Gasteiger partial charge is 0.344 e. The number of fused-ring (bicyclic) bond motifs is 1. The van der Waals surface area contributed by atoms with E-state index in [4.69, 9.17) is 5.73 Å². The van der Waals surface area contributed by atoms with E-state index in [0.29, 0.717) is 18.1 Å². The first-order valence-corrected chi connectivity index (χ1v) is 7.52. The van der Waals surface area contributed by atoms with E-state index in [1.54, 1.807) is 17.4 Å². The predicted molar refractivity (Wildman–Crippen MR) is 80.3 cm³/mol. The lowest BCUT2D eigenvalue weighted by molar-refractivity contribution is -0.384. The third-order valence-corrected chi connectivity index (χ3v) is 4.79. The van der Waals surface area contributed by atoms with Crippen LogP contribution in [0.4, 0.5) is 10.8 Å². The molecule has 6 nitrogen and oxygen atoms in total. The van der Waals surface area contributed by atoms with Crippen molar-refractivity contribution in [2.75, 3.05) is 18.0 Å². The van der Waals surface area contributed by atoms with Crippen molar-refractivity contribution < 1.29 is 4.92 Å². The number of anilines is 1. The maximum absolute atomic E-state index is 10.8. The Morgan fingerprint density at radius 1 is 1.50 bits per heavy atom. The molecule has 7 heteroatoms. The monoisotopic (exact) mass is 292 g/mol. The van der Waals surface area contributed by atoms with Gasteiger partial charge in [-0.25, -0.2) is 4.98 Å². The minimum absolute atomic E-state index is 0.0865. The SMILES string of the molecule is NCC1CCCCN1c1nc2cc([N+](=O)[O-])ccc2s1. The lowest BCUT2D eigenvalue weighted by atomic mass is 10.0. The van der Waals surface area contributed by atoms with Crippen molar-refractivity contribution in [3.8, 4) is 0 Å². The molecule has 0 amide bonds. The molecule has 1 unspecified atom stereocenters. The van der Waals surface area contributed by atoms with Crippen molar-refractivity contribution in [2.24, 2.45) is 5.73 Å². The van der Waals surface area contributed by atoms with Crippen LogP contribution in [0.5, 0.6) is 0 Å². The molecule has 106 valence electrons. The van der Waals surface area contributed by atoms with E-state index in [1.165, 1.54) is 18.6 Å². The highest BCUT2D eigenvalue weighted by Crippen LogP contribution is 2.33. The summed E-state index contributed by atoms with van der Waals surface area (Å²) in [5.41, 5.74) is 6.62. The normalized spacial score (nSPS) is 19.4. The molecule has 2 heterocycles. The molecule has 0 spiro atoms. The number of non-ortho nitro benzene ring substituents is 1. The zero-order chi connectivity index (χ0) is 14.1. The molecule has 1 saturated heterocycles. The Hall–Kier alpha value is -1.73. The van der Waals surface area contributed by atoms with E-state index in [-0.39, 0.29) is 10.6 Å². The smallest absolute Gasteiger partial charge is 0.271 e. The molecule has 20 heavy (non-hydrogen) atoms. The Bertz CT molecular complexity index is 642. The molecule has 3 rings (SSSR count). The number of hydrogen-bond acceptors (Lipinski definition) is 6. The van der Waals surface area contributed by atoms with Gasteiger partial charge in [0.05, 0.1) is 15.1 Å². The summed E-state index contributed by atoms with van der Waals surface area (Å²) < 4.78 is 0.979. The third-order valence-electron chi connectivity index (χ3n) is 3.72. The van der Waals surface area contributed by atoms with Crippen molar-refractivity contribution >= 4 is 32.4 Å². The fraction of sp³-hybridized carbons (Fsp3) is 0.462. The van der Waals surface area contributed by atoms with Crippen molar-refractivity contribution in [3.05, 3.63) is 28.3 Å². The molecule has 1 fully saturated rings. The van der Waals surface area contributed by atoms with Crippen LogP contribution in [0.1, 0.15) is 19.3 Å².